The van der Waals surface area contributed by atoms with Crippen LogP contribution in [0.2, 0.25) is 0 Å². The van der Waals surface area contributed by atoms with Gasteiger partial charge in [-0.05, 0) is 24.3 Å². The van der Waals surface area contributed by atoms with Crippen LogP contribution >= 0.6 is 36.6 Å². The van der Waals surface area contributed by atoms with Crippen LogP contribution in [0.5, 0.6) is 0 Å². The van der Waals surface area contributed by atoms with Crippen LogP contribution in [0.25, 0.3) is 0 Å². The van der Waals surface area contributed by atoms with Crippen LogP contribution < -0.4 is 5.73 Å². The van der Waals surface area contributed by atoms with Crippen molar-refractivity contribution in [2.75, 3.05) is 0 Å². The molecule has 2 aromatic rings. The second kappa shape index (κ2) is 8.17. The number of hydrogen-bond acceptors (Lipinski definition) is 2. The van der Waals surface area contributed by atoms with E-state index in [2.05, 4.69) is 73.4 Å². The first-order valence-corrected chi connectivity index (χ1v) is 6.62. The van der Waals surface area contributed by atoms with Gasteiger partial charge in [0.1, 0.15) is 4.32 Å². The molecule has 1 nitrogen and oxygen atoms in total. The number of rotatable bonds is 2. The molecule has 0 aliphatic carbocycles. The SMILES string of the molecule is NC(=S)S.c1ccc(Sc2ccccc2)cc1. The van der Waals surface area contributed by atoms with Crippen molar-refractivity contribution in [3.63, 3.8) is 0 Å². The fraction of sp³-hybridized carbons (Fsp3) is 0. The van der Waals surface area contributed by atoms with E-state index >= 15 is 0 Å². The summed E-state index contributed by atoms with van der Waals surface area (Å²) in [6.07, 6.45) is 0. The predicted octanol–water partition coefficient (Wildman–Crippen LogP) is 4.00. The van der Waals surface area contributed by atoms with Crippen LogP contribution in [0, 0.1) is 0 Å². The minimum atomic E-state index is 0.194. The molecule has 0 atom stereocenters. The Hall–Kier alpha value is -0.970. The average molecular weight is 279 g/mol. The third kappa shape index (κ3) is 7.05. The van der Waals surface area contributed by atoms with Crippen LogP contribution in [0.4, 0.5) is 0 Å². The summed E-state index contributed by atoms with van der Waals surface area (Å²) in [6, 6.07) is 20.8. The summed E-state index contributed by atoms with van der Waals surface area (Å²) in [6.45, 7) is 0. The highest BCUT2D eigenvalue weighted by atomic mass is 32.2. The van der Waals surface area contributed by atoms with Crippen LogP contribution in [-0.4, -0.2) is 4.32 Å². The molecule has 0 unspecified atom stereocenters. The minimum absolute atomic E-state index is 0.194. The van der Waals surface area contributed by atoms with Crippen molar-refractivity contribution in [2.24, 2.45) is 5.73 Å². The molecule has 0 heterocycles. The molecule has 0 aromatic heterocycles. The smallest absolute Gasteiger partial charge is 0.128 e. The highest BCUT2D eigenvalue weighted by molar-refractivity contribution is 8.10. The Morgan fingerprint density at radius 1 is 0.882 bits per heavy atom. The maximum absolute atomic E-state index is 4.71. The molecule has 88 valence electrons. The van der Waals surface area contributed by atoms with E-state index in [1.165, 1.54) is 9.79 Å². The summed E-state index contributed by atoms with van der Waals surface area (Å²) < 4.78 is 0.194. The second-order valence-corrected chi connectivity index (χ2v) is 5.44. The Kier molecular flexibility index (Phi) is 6.77. The molecule has 2 aromatic carbocycles. The van der Waals surface area contributed by atoms with Crippen molar-refractivity contribution < 1.29 is 0 Å². The van der Waals surface area contributed by atoms with Gasteiger partial charge in [-0.25, -0.2) is 0 Å². The number of thiol groups is 1. The van der Waals surface area contributed by atoms with Crippen molar-refractivity contribution in [3.05, 3.63) is 60.7 Å². The molecular weight excluding hydrogens is 266 g/mol. The van der Waals surface area contributed by atoms with Gasteiger partial charge >= 0.3 is 0 Å². The topological polar surface area (TPSA) is 26.0 Å². The van der Waals surface area contributed by atoms with Crippen LogP contribution in [0.3, 0.4) is 0 Å². The van der Waals surface area contributed by atoms with E-state index in [0.717, 1.165) is 0 Å². The van der Waals surface area contributed by atoms with E-state index in [9.17, 15) is 0 Å². The Morgan fingerprint density at radius 2 is 1.18 bits per heavy atom. The summed E-state index contributed by atoms with van der Waals surface area (Å²) in [5, 5.41) is 0. The van der Waals surface area contributed by atoms with Crippen molar-refractivity contribution in [1.29, 1.82) is 0 Å². The predicted molar refractivity (Wildman–Crippen MR) is 82.8 cm³/mol. The quantitative estimate of drug-likeness (QED) is 0.642. The molecule has 0 spiro atoms. The van der Waals surface area contributed by atoms with Gasteiger partial charge in [0.2, 0.25) is 0 Å². The normalized spacial score (nSPS) is 9.00. The Labute approximate surface area is 117 Å². The van der Waals surface area contributed by atoms with Gasteiger partial charge in [-0.3, -0.25) is 0 Å². The molecule has 0 radical (unpaired) electrons. The number of thiocarbonyl (C=S) groups is 1. The van der Waals surface area contributed by atoms with Gasteiger partial charge in [-0.1, -0.05) is 60.4 Å². The molecule has 2 rings (SSSR count). The van der Waals surface area contributed by atoms with Gasteiger partial charge in [0, 0.05) is 9.79 Å². The molecule has 0 saturated carbocycles. The highest BCUT2D eigenvalue weighted by Crippen LogP contribution is 2.26. The van der Waals surface area contributed by atoms with E-state index in [0.29, 0.717) is 0 Å². The monoisotopic (exact) mass is 279 g/mol. The van der Waals surface area contributed by atoms with Gasteiger partial charge in [-0.15, -0.1) is 12.6 Å². The first kappa shape index (κ1) is 14.1. The first-order chi connectivity index (χ1) is 8.18. The minimum Gasteiger partial charge on any atom is -0.385 e. The summed E-state index contributed by atoms with van der Waals surface area (Å²) in [5.41, 5.74) is 4.71. The largest absolute Gasteiger partial charge is 0.385 e. The Bertz CT molecular complexity index is 401. The van der Waals surface area contributed by atoms with Gasteiger partial charge in [0.05, 0.1) is 0 Å². The van der Waals surface area contributed by atoms with Crippen molar-refractivity contribution in [1.82, 2.24) is 0 Å². The standard InChI is InChI=1S/C12H10S.CH3NS2/c1-3-7-11(8-4-1)13-12-9-5-2-6-10-12;2-1(3)4/h1-10H;(H3,2,3,4). The zero-order valence-corrected chi connectivity index (χ0v) is 11.6. The van der Waals surface area contributed by atoms with Gasteiger partial charge in [0.25, 0.3) is 0 Å². The van der Waals surface area contributed by atoms with Crippen LogP contribution in [0.1, 0.15) is 0 Å². The lowest BCUT2D eigenvalue weighted by Crippen LogP contribution is -1.94. The molecule has 0 saturated heterocycles. The number of nitrogens with two attached hydrogens (primary N) is 1. The summed E-state index contributed by atoms with van der Waals surface area (Å²) in [4.78, 5) is 2.57. The van der Waals surface area contributed by atoms with Gasteiger partial charge in [-0.2, -0.15) is 0 Å². The zero-order chi connectivity index (χ0) is 12.5. The maximum Gasteiger partial charge on any atom is 0.128 e. The van der Waals surface area contributed by atoms with E-state index < -0.39 is 0 Å². The van der Waals surface area contributed by atoms with Crippen molar-refractivity contribution >= 4 is 40.9 Å². The number of hydrogen-bond donors (Lipinski definition) is 2. The molecule has 0 aliphatic heterocycles. The average Bonchev–Trinajstić information content (AvgIpc) is 2.31. The second-order valence-electron chi connectivity index (χ2n) is 3.07. The summed E-state index contributed by atoms with van der Waals surface area (Å²) in [5.74, 6) is 0. The van der Waals surface area contributed by atoms with E-state index in [-0.39, 0.29) is 4.32 Å². The molecule has 2 N–H and O–H groups in total. The fourth-order valence-electron chi connectivity index (χ4n) is 1.11. The first-order valence-electron chi connectivity index (χ1n) is 4.95. The molecular formula is C13H13NS3. The van der Waals surface area contributed by atoms with Crippen LogP contribution in [-0.2, 0) is 0 Å². The van der Waals surface area contributed by atoms with E-state index in [4.69, 9.17) is 5.73 Å². The van der Waals surface area contributed by atoms with Gasteiger partial charge < -0.3 is 5.73 Å². The zero-order valence-electron chi connectivity index (χ0n) is 9.11. The molecule has 0 bridgehead atoms. The Balaban J connectivity index is 0.000000317. The molecule has 0 aliphatic rings. The third-order valence-electron chi connectivity index (χ3n) is 1.72. The molecule has 4 heteroatoms. The van der Waals surface area contributed by atoms with Crippen LogP contribution in [0.15, 0.2) is 70.5 Å². The lowest BCUT2D eigenvalue weighted by molar-refractivity contribution is 1.41. The highest BCUT2D eigenvalue weighted by Gasteiger charge is 1.93. The molecule has 0 fully saturated rings. The Morgan fingerprint density at radius 3 is 1.47 bits per heavy atom. The maximum atomic E-state index is 4.71. The fourth-order valence-corrected chi connectivity index (χ4v) is 1.97. The lowest BCUT2D eigenvalue weighted by atomic mass is 10.4. The molecule has 17 heavy (non-hydrogen) atoms. The molecule has 0 amide bonds. The third-order valence-corrected chi connectivity index (χ3v) is 2.74. The number of benzene rings is 2. The van der Waals surface area contributed by atoms with E-state index in [1.807, 2.05) is 12.1 Å². The lowest BCUT2D eigenvalue weighted by Gasteiger charge is -1.99. The van der Waals surface area contributed by atoms with Crippen molar-refractivity contribution in [3.8, 4) is 0 Å². The van der Waals surface area contributed by atoms with Gasteiger partial charge in [0.15, 0.2) is 0 Å². The summed E-state index contributed by atoms with van der Waals surface area (Å²) in [7, 11) is 0. The van der Waals surface area contributed by atoms with Crippen molar-refractivity contribution in [2.45, 2.75) is 9.79 Å². The van der Waals surface area contributed by atoms with E-state index in [1.54, 1.807) is 11.8 Å². The summed E-state index contributed by atoms with van der Waals surface area (Å²) >= 11 is 9.44.